The van der Waals surface area contributed by atoms with E-state index in [4.69, 9.17) is 4.74 Å². The number of aliphatic carboxylic acids is 1. The largest absolute Gasteiger partial charge is 0.480 e. The number of anilines is 1. The molecule has 15 heteroatoms. The summed E-state index contributed by atoms with van der Waals surface area (Å²) in [5.41, 5.74) is -0.825. The van der Waals surface area contributed by atoms with E-state index in [1.165, 1.54) is 12.1 Å². The summed E-state index contributed by atoms with van der Waals surface area (Å²) in [5, 5.41) is 16.4. The number of halogens is 2. The number of carbonyl (C=O) groups is 2. The molecular weight excluding hydrogens is 570 g/mol. The Morgan fingerprint density at radius 3 is 2.67 bits per heavy atom. The number of thiophene rings is 1. The highest BCUT2D eigenvalue weighted by molar-refractivity contribution is 7.91. The lowest BCUT2D eigenvalue weighted by molar-refractivity contribution is -0.140. The molecule has 1 saturated carbocycles. The van der Waals surface area contributed by atoms with Gasteiger partial charge in [-0.15, -0.1) is 11.3 Å². The van der Waals surface area contributed by atoms with E-state index in [1.54, 1.807) is 29.2 Å². The summed E-state index contributed by atoms with van der Waals surface area (Å²) in [7, 11) is -4.32. The van der Waals surface area contributed by atoms with Gasteiger partial charge in [0.1, 0.15) is 15.4 Å². The van der Waals surface area contributed by atoms with Gasteiger partial charge in [-0.3, -0.25) is 4.79 Å². The smallest absolute Gasteiger partial charge is 0.325 e. The first-order valence-corrected chi connectivity index (χ1v) is 14.3. The van der Waals surface area contributed by atoms with Crippen molar-refractivity contribution >= 4 is 39.0 Å². The number of aromatic nitrogens is 1. The van der Waals surface area contributed by atoms with Gasteiger partial charge in [0.2, 0.25) is 5.76 Å². The number of ether oxygens (including phenoxy) is 1. The third-order valence-electron chi connectivity index (χ3n) is 6.69. The Balaban J connectivity index is 1.32. The highest BCUT2D eigenvalue weighted by Gasteiger charge is 2.63. The Morgan fingerprint density at radius 2 is 1.98 bits per heavy atom. The first-order valence-electron chi connectivity index (χ1n) is 12.0. The third kappa shape index (κ3) is 5.37. The summed E-state index contributed by atoms with van der Waals surface area (Å²) in [4.78, 5) is 26.7. The number of carboxylic acid groups (broad SMARTS) is 1. The summed E-state index contributed by atoms with van der Waals surface area (Å²) in [6.07, 6.45) is 0.390. The lowest BCUT2D eigenvalue weighted by Gasteiger charge is -2.27. The second kappa shape index (κ2) is 10.4. The number of morpholine rings is 1. The second-order valence-electron chi connectivity index (χ2n) is 9.32. The molecule has 2 aromatic heterocycles. The number of benzene rings is 1. The number of sulfonamides is 1. The van der Waals surface area contributed by atoms with Crippen molar-refractivity contribution in [1.29, 1.82) is 0 Å². The fourth-order valence-electron chi connectivity index (χ4n) is 4.40. The summed E-state index contributed by atoms with van der Waals surface area (Å²) in [5.74, 6) is -6.24. The molecule has 11 nitrogen and oxygen atoms in total. The summed E-state index contributed by atoms with van der Waals surface area (Å²) in [6, 6.07) is 9.86. The maximum absolute atomic E-state index is 13.8. The first kappa shape index (κ1) is 27.9. The molecule has 2 unspecified atom stereocenters. The number of carbonyl (C=O) groups excluding carboxylic acids is 1. The zero-order valence-corrected chi connectivity index (χ0v) is 22.4. The van der Waals surface area contributed by atoms with Crippen LogP contribution in [-0.2, 0) is 25.5 Å². The van der Waals surface area contributed by atoms with Crippen LogP contribution in [0.2, 0.25) is 0 Å². The van der Waals surface area contributed by atoms with Crippen LogP contribution in [0, 0.1) is 0 Å². The van der Waals surface area contributed by atoms with E-state index in [9.17, 15) is 31.9 Å². The zero-order valence-electron chi connectivity index (χ0n) is 20.8. The molecule has 1 aliphatic heterocycles. The van der Waals surface area contributed by atoms with Gasteiger partial charge in [-0.2, -0.15) is 13.5 Å². The number of nitrogens with zero attached hydrogens (tertiary/aromatic N) is 2. The van der Waals surface area contributed by atoms with Crippen LogP contribution in [-0.4, -0.2) is 67.4 Å². The van der Waals surface area contributed by atoms with Crippen LogP contribution < -0.4 is 10.0 Å². The highest BCUT2D eigenvalue weighted by Crippen LogP contribution is 2.53. The number of hydrogen-bond donors (Lipinski definition) is 3. The SMILES string of the molecule is C=CC(F)(F)c1cc(-c2ccc(S(=O)(=O)NC3(C(=O)O)CC3c3cccc(NC(=O)N4CCOCC4)c3)s2)no1. The Morgan fingerprint density at radius 1 is 1.23 bits per heavy atom. The average molecular weight is 595 g/mol. The third-order valence-corrected chi connectivity index (χ3v) is 9.80. The van der Waals surface area contributed by atoms with Crippen LogP contribution in [0.1, 0.15) is 23.7 Å². The molecule has 212 valence electrons. The average Bonchev–Trinajstić information content (AvgIpc) is 3.27. The van der Waals surface area contributed by atoms with Gasteiger partial charge in [-0.1, -0.05) is 23.9 Å². The predicted octanol–water partition coefficient (Wildman–Crippen LogP) is 3.83. The number of hydrogen-bond acceptors (Lipinski definition) is 8. The maximum Gasteiger partial charge on any atom is 0.325 e. The minimum absolute atomic E-state index is 0.00355. The maximum atomic E-state index is 13.8. The van der Waals surface area contributed by atoms with Gasteiger partial charge < -0.3 is 24.6 Å². The Hall–Kier alpha value is -3.66. The van der Waals surface area contributed by atoms with Crippen molar-refractivity contribution in [2.24, 2.45) is 0 Å². The molecule has 2 amide bonds. The number of urea groups is 1. The molecule has 2 fully saturated rings. The second-order valence-corrected chi connectivity index (χ2v) is 12.3. The summed E-state index contributed by atoms with van der Waals surface area (Å²) < 4.78 is 66.0. The van der Waals surface area contributed by atoms with Crippen molar-refractivity contribution in [3.63, 3.8) is 0 Å². The molecular formula is C25H24F2N4O7S2. The fraction of sp³-hybridized carbons (Fsp3) is 0.320. The molecule has 1 saturated heterocycles. The van der Waals surface area contributed by atoms with Crippen molar-refractivity contribution < 1.29 is 41.2 Å². The molecule has 3 aromatic rings. The number of alkyl halides is 2. The molecule has 2 atom stereocenters. The fourth-order valence-corrected chi connectivity index (χ4v) is 7.06. The topological polar surface area (TPSA) is 151 Å². The lowest BCUT2D eigenvalue weighted by atomic mass is 10.1. The summed E-state index contributed by atoms with van der Waals surface area (Å²) >= 11 is 0.727. The van der Waals surface area contributed by atoms with Crippen LogP contribution in [0.15, 0.2) is 63.9 Å². The van der Waals surface area contributed by atoms with Crippen LogP contribution >= 0.6 is 11.3 Å². The number of nitrogens with one attached hydrogen (secondary N) is 2. The van der Waals surface area contributed by atoms with E-state index in [2.05, 4.69) is 26.3 Å². The number of carboxylic acids is 1. The quantitative estimate of drug-likeness (QED) is 0.316. The standard InChI is InChI=1S/C25H24F2N4O7S2/c1-2-25(26,27)20-13-18(29-38-20)19-6-7-21(39-19)40(35,36)30-24(22(32)33)14-17(24)15-4-3-5-16(12-15)28-23(34)31-8-10-37-11-9-31/h2-7,12-13,17,30H,1,8-11,14H2,(H,28,34)(H,32,33). The molecule has 0 radical (unpaired) electrons. The van der Waals surface area contributed by atoms with Crippen LogP contribution in [0.4, 0.5) is 19.3 Å². The van der Waals surface area contributed by atoms with Crippen molar-refractivity contribution in [1.82, 2.24) is 14.8 Å². The molecule has 0 bridgehead atoms. The van der Waals surface area contributed by atoms with E-state index in [0.717, 1.165) is 17.4 Å². The Labute approximate surface area is 231 Å². The van der Waals surface area contributed by atoms with E-state index >= 15 is 0 Å². The molecule has 1 aliphatic carbocycles. The molecule has 40 heavy (non-hydrogen) atoms. The minimum atomic E-state index is -4.32. The van der Waals surface area contributed by atoms with E-state index in [0.29, 0.717) is 43.6 Å². The van der Waals surface area contributed by atoms with Gasteiger partial charge in [-0.25, -0.2) is 13.2 Å². The minimum Gasteiger partial charge on any atom is -0.480 e. The number of allylic oxidation sites excluding steroid dienone is 1. The number of amides is 2. The Kier molecular flexibility index (Phi) is 7.24. The van der Waals surface area contributed by atoms with E-state index in [-0.39, 0.29) is 27.2 Å². The van der Waals surface area contributed by atoms with Crippen LogP contribution in [0.25, 0.3) is 10.6 Å². The summed E-state index contributed by atoms with van der Waals surface area (Å²) in [6.45, 7) is 4.82. The molecule has 2 aliphatic rings. The normalized spacial score (nSPS) is 21.1. The van der Waals surface area contributed by atoms with Gasteiger partial charge in [0.25, 0.3) is 10.0 Å². The highest BCUT2D eigenvalue weighted by atomic mass is 32.2. The van der Waals surface area contributed by atoms with Gasteiger partial charge in [0.15, 0.2) is 0 Å². The van der Waals surface area contributed by atoms with Crippen molar-refractivity contribution in [2.45, 2.75) is 28.0 Å². The van der Waals surface area contributed by atoms with Crippen molar-refractivity contribution in [2.75, 3.05) is 31.6 Å². The predicted molar refractivity (Wildman–Crippen MR) is 140 cm³/mol. The van der Waals surface area contributed by atoms with Gasteiger partial charge >= 0.3 is 17.9 Å². The Bertz CT molecular complexity index is 1570. The number of rotatable bonds is 9. The molecule has 0 spiro atoms. The first-order chi connectivity index (χ1) is 18.9. The van der Waals surface area contributed by atoms with Crippen LogP contribution in [0.5, 0.6) is 0 Å². The molecule has 3 N–H and O–H groups in total. The van der Waals surface area contributed by atoms with Crippen molar-refractivity contribution in [3.05, 3.63) is 66.4 Å². The van der Waals surface area contributed by atoms with Gasteiger partial charge in [-0.05, 0) is 42.3 Å². The molecule has 5 rings (SSSR count). The van der Waals surface area contributed by atoms with E-state index < -0.39 is 39.1 Å². The lowest BCUT2D eigenvalue weighted by Crippen LogP contribution is -2.44. The van der Waals surface area contributed by atoms with Gasteiger partial charge in [0, 0.05) is 30.8 Å². The van der Waals surface area contributed by atoms with E-state index in [1.807, 2.05) is 0 Å². The van der Waals surface area contributed by atoms with Crippen molar-refractivity contribution in [3.8, 4) is 10.6 Å². The zero-order chi connectivity index (χ0) is 28.7. The molecule has 1 aromatic carbocycles. The van der Waals surface area contributed by atoms with Gasteiger partial charge in [0.05, 0.1) is 18.1 Å². The molecule has 3 heterocycles. The van der Waals surface area contributed by atoms with Crippen LogP contribution in [0.3, 0.4) is 0 Å². The monoisotopic (exact) mass is 594 g/mol.